The predicted octanol–water partition coefficient (Wildman–Crippen LogP) is 3.04. The molecule has 1 amide bonds. The van der Waals surface area contributed by atoms with Crippen molar-refractivity contribution in [2.75, 3.05) is 11.9 Å². The second-order valence-corrected chi connectivity index (χ2v) is 6.57. The summed E-state index contributed by atoms with van der Waals surface area (Å²) in [6.07, 6.45) is 2.07. The molecule has 2 aromatic heterocycles. The lowest BCUT2D eigenvalue weighted by molar-refractivity contribution is -0.118. The number of rotatable bonds is 6. The van der Waals surface area contributed by atoms with Crippen LogP contribution < -0.4 is 15.5 Å². The molecule has 0 aliphatic heterocycles. The van der Waals surface area contributed by atoms with E-state index in [4.69, 9.17) is 9.15 Å². The van der Waals surface area contributed by atoms with Gasteiger partial charge in [-0.15, -0.1) is 0 Å². The Bertz CT molecular complexity index is 988. The van der Waals surface area contributed by atoms with Gasteiger partial charge in [0.2, 0.25) is 11.2 Å². The van der Waals surface area contributed by atoms with Gasteiger partial charge in [0.05, 0.1) is 11.0 Å². The molecule has 3 aromatic rings. The number of benzene rings is 1. The first-order valence-corrected chi connectivity index (χ1v) is 8.41. The molecule has 0 saturated carbocycles. The molecule has 7 heteroatoms. The number of hydrogen-bond acceptors (Lipinski definition) is 5. The van der Waals surface area contributed by atoms with Crippen LogP contribution in [0.1, 0.15) is 25.4 Å². The van der Waals surface area contributed by atoms with Crippen molar-refractivity contribution in [3.63, 3.8) is 0 Å². The van der Waals surface area contributed by atoms with Crippen LogP contribution in [0.3, 0.4) is 0 Å². The zero-order valence-corrected chi connectivity index (χ0v) is 15.0. The molecule has 3 rings (SSSR count). The Kier molecular flexibility index (Phi) is 5.06. The van der Waals surface area contributed by atoms with E-state index in [0.29, 0.717) is 17.4 Å². The lowest BCUT2D eigenvalue weighted by Crippen LogP contribution is -2.22. The highest BCUT2D eigenvalue weighted by atomic mass is 16.5. The normalized spacial score (nSPS) is 11.1. The van der Waals surface area contributed by atoms with Crippen molar-refractivity contribution < 1.29 is 13.9 Å². The van der Waals surface area contributed by atoms with Crippen LogP contribution in [0.4, 0.5) is 5.69 Å². The van der Waals surface area contributed by atoms with Crippen molar-refractivity contribution in [2.24, 2.45) is 5.92 Å². The number of carbonyl (C=O) groups is 1. The monoisotopic (exact) mass is 355 g/mol. The third-order valence-electron chi connectivity index (χ3n) is 3.70. The van der Waals surface area contributed by atoms with Gasteiger partial charge in [-0.3, -0.25) is 9.59 Å². The average Bonchev–Trinajstić information content (AvgIpc) is 2.94. The Balaban J connectivity index is 1.64. The molecule has 136 valence electrons. The molecule has 0 aliphatic carbocycles. The molecule has 2 heterocycles. The topological polar surface area (TPSA) is 97.2 Å². The molecular weight excluding hydrogens is 334 g/mol. The van der Waals surface area contributed by atoms with Gasteiger partial charge in [0.25, 0.3) is 5.91 Å². The van der Waals surface area contributed by atoms with Crippen LogP contribution in [-0.2, 0) is 11.2 Å². The molecule has 1 aromatic carbocycles. The van der Waals surface area contributed by atoms with Gasteiger partial charge in [-0.25, -0.2) is 4.98 Å². The number of aromatic amines is 1. The Morgan fingerprint density at radius 3 is 2.88 bits per heavy atom. The van der Waals surface area contributed by atoms with Gasteiger partial charge in [0.15, 0.2) is 6.61 Å². The number of anilines is 1. The van der Waals surface area contributed by atoms with Gasteiger partial charge in [-0.2, -0.15) is 0 Å². The van der Waals surface area contributed by atoms with Crippen LogP contribution in [0, 0.1) is 12.8 Å². The molecule has 0 fully saturated rings. The number of aromatic nitrogens is 2. The Labute approximate surface area is 150 Å². The van der Waals surface area contributed by atoms with E-state index in [1.165, 1.54) is 12.3 Å². The quantitative estimate of drug-likeness (QED) is 0.708. The zero-order chi connectivity index (χ0) is 18.7. The third kappa shape index (κ3) is 4.30. The molecule has 7 nitrogen and oxygen atoms in total. The number of fused-ring (bicyclic) bond motifs is 1. The molecular formula is C19H21N3O4. The summed E-state index contributed by atoms with van der Waals surface area (Å²) in [5.74, 6) is 1.55. The number of aryl methyl sites for hydroxylation is 1. The van der Waals surface area contributed by atoms with E-state index in [2.05, 4.69) is 29.1 Å². The molecule has 0 radical (unpaired) electrons. The van der Waals surface area contributed by atoms with Crippen LogP contribution in [0.2, 0.25) is 0 Å². The van der Waals surface area contributed by atoms with Gasteiger partial charge < -0.3 is 19.5 Å². The van der Waals surface area contributed by atoms with Crippen LogP contribution in [0.5, 0.6) is 5.75 Å². The van der Waals surface area contributed by atoms with E-state index in [0.717, 1.165) is 23.3 Å². The summed E-state index contributed by atoms with van der Waals surface area (Å²) in [6, 6.07) is 6.76. The van der Waals surface area contributed by atoms with Crippen LogP contribution in [-0.4, -0.2) is 22.5 Å². The van der Waals surface area contributed by atoms with Crippen LogP contribution in [0.15, 0.2) is 39.7 Å². The van der Waals surface area contributed by atoms with Crippen molar-refractivity contribution >= 4 is 22.6 Å². The van der Waals surface area contributed by atoms with E-state index >= 15 is 0 Å². The summed E-state index contributed by atoms with van der Waals surface area (Å²) in [4.78, 5) is 31.6. The standard InChI is InChI=1S/C19H21N3O4/c1-11(2)6-18-21-14-5-4-13(8-15(14)22-18)20-19(24)10-26-17-9-25-12(3)7-16(17)23/h4-5,7-9,11H,6,10H2,1-3H3,(H,20,24)(H,21,22). The van der Waals surface area contributed by atoms with Crippen LogP contribution in [0.25, 0.3) is 11.0 Å². The molecule has 26 heavy (non-hydrogen) atoms. The van der Waals surface area contributed by atoms with Gasteiger partial charge in [0, 0.05) is 18.2 Å². The Morgan fingerprint density at radius 2 is 2.15 bits per heavy atom. The van der Waals surface area contributed by atoms with Crippen molar-refractivity contribution in [3.05, 3.63) is 52.3 Å². The maximum Gasteiger partial charge on any atom is 0.262 e. The summed E-state index contributed by atoms with van der Waals surface area (Å²) in [5.41, 5.74) is 2.02. The molecule has 0 unspecified atom stereocenters. The molecule has 0 spiro atoms. The van der Waals surface area contributed by atoms with Crippen molar-refractivity contribution in [1.82, 2.24) is 9.97 Å². The highest BCUT2D eigenvalue weighted by Gasteiger charge is 2.09. The fourth-order valence-corrected chi connectivity index (χ4v) is 2.56. The fraction of sp³-hybridized carbons (Fsp3) is 0.316. The first-order valence-electron chi connectivity index (χ1n) is 8.41. The van der Waals surface area contributed by atoms with E-state index in [-0.39, 0.29) is 23.7 Å². The molecule has 0 aliphatic rings. The molecule has 0 atom stereocenters. The first-order chi connectivity index (χ1) is 12.4. The number of ether oxygens (including phenoxy) is 1. The largest absolute Gasteiger partial charge is 0.477 e. The lowest BCUT2D eigenvalue weighted by Gasteiger charge is -2.07. The third-order valence-corrected chi connectivity index (χ3v) is 3.70. The van der Waals surface area contributed by atoms with E-state index < -0.39 is 0 Å². The number of carbonyl (C=O) groups excluding carboxylic acids is 1. The van der Waals surface area contributed by atoms with Gasteiger partial charge in [0.1, 0.15) is 17.8 Å². The second-order valence-electron chi connectivity index (χ2n) is 6.57. The highest BCUT2D eigenvalue weighted by molar-refractivity contribution is 5.94. The van der Waals surface area contributed by atoms with Gasteiger partial charge in [-0.1, -0.05) is 13.8 Å². The Morgan fingerprint density at radius 1 is 1.35 bits per heavy atom. The van der Waals surface area contributed by atoms with E-state index in [9.17, 15) is 9.59 Å². The predicted molar refractivity (Wildman–Crippen MR) is 98.5 cm³/mol. The summed E-state index contributed by atoms with van der Waals surface area (Å²) < 4.78 is 10.3. The maximum absolute atomic E-state index is 12.1. The van der Waals surface area contributed by atoms with E-state index in [1.807, 2.05) is 12.1 Å². The highest BCUT2D eigenvalue weighted by Crippen LogP contribution is 2.18. The van der Waals surface area contributed by atoms with Gasteiger partial charge in [-0.05, 0) is 31.0 Å². The first kappa shape index (κ1) is 17.7. The number of imidazole rings is 1. The van der Waals surface area contributed by atoms with Crippen molar-refractivity contribution in [2.45, 2.75) is 27.2 Å². The minimum atomic E-state index is -0.369. The number of H-pyrrole nitrogens is 1. The Hall–Kier alpha value is -3.09. The minimum absolute atomic E-state index is 0.00750. The summed E-state index contributed by atoms with van der Waals surface area (Å²) in [5, 5.41) is 2.74. The maximum atomic E-state index is 12.1. The van der Waals surface area contributed by atoms with Crippen molar-refractivity contribution in [1.29, 1.82) is 0 Å². The SMILES string of the molecule is Cc1cc(=O)c(OCC(=O)Nc2ccc3nc(CC(C)C)[nH]c3c2)co1. The average molecular weight is 355 g/mol. The second kappa shape index (κ2) is 7.43. The summed E-state index contributed by atoms with van der Waals surface area (Å²) in [7, 11) is 0. The number of amides is 1. The molecule has 0 bridgehead atoms. The van der Waals surface area contributed by atoms with Gasteiger partial charge >= 0.3 is 0 Å². The summed E-state index contributed by atoms with van der Waals surface area (Å²) in [6.45, 7) is 5.64. The zero-order valence-electron chi connectivity index (χ0n) is 15.0. The number of nitrogens with zero attached hydrogens (tertiary/aromatic N) is 1. The molecule has 0 saturated heterocycles. The van der Waals surface area contributed by atoms with Crippen LogP contribution >= 0.6 is 0 Å². The smallest absolute Gasteiger partial charge is 0.262 e. The summed E-state index contributed by atoms with van der Waals surface area (Å²) >= 11 is 0. The number of hydrogen-bond donors (Lipinski definition) is 2. The van der Waals surface area contributed by atoms with E-state index in [1.54, 1.807) is 13.0 Å². The van der Waals surface area contributed by atoms with Crippen molar-refractivity contribution in [3.8, 4) is 5.75 Å². The molecule has 2 N–H and O–H groups in total. The lowest BCUT2D eigenvalue weighted by atomic mass is 10.1. The number of nitrogens with one attached hydrogen (secondary N) is 2. The fourth-order valence-electron chi connectivity index (χ4n) is 2.56. The minimum Gasteiger partial charge on any atom is -0.477 e.